The summed E-state index contributed by atoms with van der Waals surface area (Å²) >= 11 is 0. The monoisotopic (exact) mass is 420 g/mol. The number of anilines is 3. The van der Waals surface area contributed by atoms with Crippen LogP contribution in [0.3, 0.4) is 0 Å². The van der Waals surface area contributed by atoms with Crippen LogP contribution in [0.1, 0.15) is 17.3 Å². The van der Waals surface area contributed by atoms with E-state index in [2.05, 4.69) is 15.5 Å². The normalized spacial score (nSPS) is 13.8. The molecule has 8 heteroatoms. The van der Waals surface area contributed by atoms with Crippen LogP contribution in [0.5, 0.6) is 0 Å². The predicted octanol–water partition coefficient (Wildman–Crippen LogP) is 3.16. The van der Waals surface area contributed by atoms with Crippen molar-refractivity contribution in [2.45, 2.75) is 6.92 Å². The Morgan fingerprint density at radius 3 is 2.52 bits per heavy atom. The van der Waals surface area contributed by atoms with Crippen LogP contribution in [0.2, 0.25) is 0 Å². The Bertz CT molecular complexity index is 1010. The Morgan fingerprint density at radius 2 is 1.81 bits per heavy atom. The van der Waals surface area contributed by atoms with Gasteiger partial charge in [0, 0.05) is 19.3 Å². The SMILES string of the molecule is CCOC(=O)c1ccccc1NC(=O)/C(C#N)=C\Nc1ccccc1N1CCOCC1. The molecule has 3 rings (SSSR count). The minimum atomic E-state index is -0.629. The average Bonchev–Trinajstić information content (AvgIpc) is 2.81. The second-order valence-corrected chi connectivity index (χ2v) is 6.65. The van der Waals surface area contributed by atoms with E-state index >= 15 is 0 Å². The first-order valence-electron chi connectivity index (χ1n) is 10.00. The van der Waals surface area contributed by atoms with E-state index in [-0.39, 0.29) is 23.4 Å². The first-order chi connectivity index (χ1) is 15.1. The summed E-state index contributed by atoms with van der Waals surface area (Å²) in [5.41, 5.74) is 2.11. The molecule has 0 unspecified atom stereocenters. The van der Waals surface area contributed by atoms with E-state index in [9.17, 15) is 14.9 Å². The summed E-state index contributed by atoms with van der Waals surface area (Å²) in [7, 11) is 0. The number of ether oxygens (including phenoxy) is 2. The molecule has 0 spiro atoms. The lowest BCUT2D eigenvalue weighted by molar-refractivity contribution is -0.112. The molecule has 1 aliphatic heterocycles. The fraction of sp³-hybridized carbons (Fsp3) is 0.261. The van der Waals surface area contributed by atoms with E-state index < -0.39 is 11.9 Å². The van der Waals surface area contributed by atoms with Crippen molar-refractivity contribution in [1.82, 2.24) is 0 Å². The molecule has 1 saturated heterocycles. The zero-order valence-corrected chi connectivity index (χ0v) is 17.3. The van der Waals surface area contributed by atoms with Crippen molar-refractivity contribution in [2.75, 3.05) is 48.4 Å². The van der Waals surface area contributed by atoms with Crippen molar-refractivity contribution in [3.63, 3.8) is 0 Å². The van der Waals surface area contributed by atoms with E-state index in [1.807, 2.05) is 30.3 Å². The third-order valence-electron chi connectivity index (χ3n) is 4.66. The van der Waals surface area contributed by atoms with Gasteiger partial charge in [0.25, 0.3) is 5.91 Å². The molecule has 0 atom stereocenters. The van der Waals surface area contributed by atoms with Crippen LogP contribution in [0.4, 0.5) is 17.1 Å². The lowest BCUT2D eigenvalue weighted by atomic mass is 10.1. The number of nitriles is 1. The maximum atomic E-state index is 12.7. The maximum Gasteiger partial charge on any atom is 0.340 e. The van der Waals surface area contributed by atoms with Crippen molar-refractivity contribution in [3.05, 3.63) is 65.9 Å². The third kappa shape index (κ3) is 5.62. The molecule has 1 amide bonds. The second kappa shape index (κ2) is 10.8. The quantitative estimate of drug-likeness (QED) is 0.403. The molecule has 31 heavy (non-hydrogen) atoms. The van der Waals surface area contributed by atoms with Crippen LogP contribution < -0.4 is 15.5 Å². The Morgan fingerprint density at radius 1 is 1.13 bits per heavy atom. The van der Waals surface area contributed by atoms with Crippen LogP contribution in [-0.2, 0) is 14.3 Å². The van der Waals surface area contributed by atoms with Gasteiger partial charge in [-0.3, -0.25) is 4.79 Å². The fourth-order valence-electron chi connectivity index (χ4n) is 3.14. The zero-order chi connectivity index (χ0) is 22.1. The van der Waals surface area contributed by atoms with E-state index in [1.165, 1.54) is 6.20 Å². The highest BCUT2D eigenvalue weighted by atomic mass is 16.5. The summed E-state index contributed by atoms with van der Waals surface area (Å²) in [6, 6.07) is 16.1. The number of morpholine rings is 1. The topological polar surface area (TPSA) is 104 Å². The van der Waals surface area contributed by atoms with Crippen LogP contribution in [0.15, 0.2) is 60.3 Å². The first-order valence-corrected chi connectivity index (χ1v) is 10.00. The van der Waals surface area contributed by atoms with Crippen LogP contribution >= 0.6 is 0 Å². The number of para-hydroxylation sites is 3. The fourth-order valence-corrected chi connectivity index (χ4v) is 3.14. The van der Waals surface area contributed by atoms with Gasteiger partial charge in [0.05, 0.1) is 42.4 Å². The van der Waals surface area contributed by atoms with Gasteiger partial charge in [0.1, 0.15) is 11.6 Å². The molecule has 1 fully saturated rings. The van der Waals surface area contributed by atoms with E-state index in [1.54, 1.807) is 31.2 Å². The number of carbonyl (C=O) groups is 2. The van der Waals surface area contributed by atoms with Crippen molar-refractivity contribution >= 4 is 28.9 Å². The highest BCUT2D eigenvalue weighted by Crippen LogP contribution is 2.26. The standard InChI is InChI=1S/C23H24N4O4/c1-2-31-23(29)18-7-3-4-8-19(18)26-22(28)17(15-24)16-25-20-9-5-6-10-21(20)27-11-13-30-14-12-27/h3-10,16,25H,2,11-14H2,1H3,(H,26,28)/b17-16-. The van der Waals surface area contributed by atoms with E-state index in [4.69, 9.17) is 9.47 Å². The lowest BCUT2D eigenvalue weighted by Gasteiger charge is -2.30. The second-order valence-electron chi connectivity index (χ2n) is 6.65. The average molecular weight is 420 g/mol. The Labute approximate surface area is 181 Å². The van der Waals surface area contributed by atoms with Gasteiger partial charge < -0.3 is 25.0 Å². The van der Waals surface area contributed by atoms with Gasteiger partial charge in [0.15, 0.2) is 0 Å². The molecule has 2 aromatic rings. The van der Waals surface area contributed by atoms with Crippen LogP contribution in [0, 0.1) is 11.3 Å². The molecule has 2 N–H and O–H groups in total. The predicted molar refractivity (Wildman–Crippen MR) is 118 cm³/mol. The van der Waals surface area contributed by atoms with Gasteiger partial charge in [-0.15, -0.1) is 0 Å². The number of rotatable bonds is 7. The summed E-state index contributed by atoms with van der Waals surface area (Å²) in [6.07, 6.45) is 1.36. The maximum absolute atomic E-state index is 12.7. The van der Waals surface area contributed by atoms with Crippen LogP contribution in [-0.4, -0.2) is 44.8 Å². The number of nitrogens with one attached hydrogen (secondary N) is 2. The molecule has 0 radical (unpaired) electrons. The summed E-state index contributed by atoms with van der Waals surface area (Å²) in [6.45, 7) is 4.75. The van der Waals surface area contributed by atoms with Gasteiger partial charge in [0.2, 0.25) is 0 Å². The third-order valence-corrected chi connectivity index (χ3v) is 4.66. The van der Waals surface area contributed by atoms with Crippen molar-refractivity contribution < 1.29 is 19.1 Å². The minimum absolute atomic E-state index is 0.129. The highest BCUT2D eigenvalue weighted by Gasteiger charge is 2.17. The Kier molecular flexibility index (Phi) is 7.62. The van der Waals surface area contributed by atoms with E-state index in [0.29, 0.717) is 13.2 Å². The molecular weight excluding hydrogens is 396 g/mol. The first kappa shape index (κ1) is 21.9. The number of esters is 1. The number of hydrogen-bond donors (Lipinski definition) is 2. The van der Waals surface area contributed by atoms with Gasteiger partial charge in [-0.25, -0.2) is 4.79 Å². The summed E-state index contributed by atoms with van der Waals surface area (Å²) in [4.78, 5) is 27.0. The van der Waals surface area contributed by atoms with E-state index in [0.717, 1.165) is 24.5 Å². The molecule has 8 nitrogen and oxygen atoms in total. The molecule has 1 aliphatic rings. The van der Waals surface area contributed by atoms with Gasteiger partial charge in [-0.1, -0.05) is 24.3 Å². The molecule has 0 bridgehead atoms. The van der Waals surface area contributed by atoms with Gasteiger partial charge in [-0.2, -0.15) is 5.26 Å². The van der Waals surface area contributed by atoms with Crippen molar-refractivity contribution in [3.8, 4) is 6.07 Å². The number of hydrogen-bond acceptors (Lipinski definition) is 7. The molecule has 0 aliphatic carbocycles. The van der Waals surface area contributed by atoms with Gasteiger partial charge in [-0.05, 0) is 31.2 Å². The number of nitrogens with zero attached hydrogens (tertiary/aromatic N) is 2. The zero-order valence-electron chi connectivity index (χ0n) is 17.3. The number of benzene rings is 2. The van der Waals surface area contributed by atoms with Crippen LogP contribution in [0.25, 0.3) is 0 Å². The van der Waals surface area contributed by atoms with Gasteiger partial charge >= 0.3 is 5.97 Å². The Hall–Kier alpha value is -3.83. The lowest BCUT2D eigenvalue weighted by Crippen LogP contribution is -2.36. The smallest absolute Gasteiger partial charge is 0.340 e. The largest absolute Gasteiger partial charge is 0.462 e. The summed E-state index contributed by atoms with van der Waals surface area (Å²) in [5.74, 6) is -1.17. The number of amides is 1. The van der Waals surface area contributed by atoms with Crippen molar-refractivity contribution in [1.29, 1.82) is 5.26 Å². The molecular formula is C23H24N4O4. The highest BCUT2D eigenvalue weighted by molar-refractivity contribution is 6.09. The van der Waals surface area contributed by atoms with Crippen molar-refractivity contribution in [2.24, 2.45) is 0 Å². The summed E-state index contributed by atoms with van der Waals surface area (Å²) < 4.78 is 10.4. The summed E-state index contributed by atoms with van der Waals surface area (Å²) in [5, 5.41) is 15.2. The molecule has 0 saturated carbocycles. The molecule has 0 aromatic heterocycles. The molecule has 160 valence electrons. The number of carbonyl (C=O) groups excluding carboxylic acids is 2. The minimum Gasteiger partial charge on any atom is -0.462 e. The molecule has 2 aromatic carbocycles. The molecule has 1 heterocycles. The Balaban J connectivity index is 1.76.